The minimum absolute atomic E-state index is 0.0994. The maximum absolute atomic E-state index is 11.0. The summed E-state index contributed by atoms with van der Waals surface area (Å²) in [5.74, 6) is 0.0571. The van der Waals surface area contributed by atoms with Crippen LogP contribution in [0.2, 0.25) is 5.02 Å². The largest absolute Gasteiger partial charge is 0.477 e. The lowest BCUT2D eigenvalue weighted by molar-refractivity contribution is 0.0690. The third-order valence-corrected chi connectivity index (χ3v) is 3.96. The highest BCUT2D eigenvalue weighted by Gasteiger charge is 2.08. The van der Waals surface area contributed by atoms with Crippen LogP contribution in [-0.2, 0) is 0 Å². The van der Waals surface area contributed by atoms with Gasteiger partial charge in [0.15, 0.2) is 5.69 Å². The molecule has 0 atom stereocenters. The van der Waals surface area contributed by atoms with E-state index in [-0.39, 0.29) is 5.69 Å². The second-order valence-corrected chi connectivity index (χ2v) is 6.14. The molecule has 0 unspecified atom stereocenters. The molecule has 0 amide bonds. The maximum Gasteiger partial charge on any atom is 0.354 e. The smallest absolute Gasteiger partial charge is 0.354 e. The summed E-state index contributed by atoms with van der Waals surface area (Å²) in [6.07, 6.45) is 1.37. The van der Waals surface area contributed by atoms with Gasteiger partial charge in [-0.25, -0.2) is 14.8 Å². The van der Waals surface area contributed by atoms with Crippen molar-refractivity contribution in [3.63, 3.8) is 0 Å². The third-order valence-electron chi connectivity index (χ3n) is 3.71. The van der Waals surface area contributed by atoms with Crippen molar-refractivity contribution in [2.45, 2.75) is 0 Å². The van der Waals surface area contributed by atoms with Gasteiger partial charge in [0.25, 0.3) is 0 Å². The number of hydrogen-bond donors (Lipinski definition) is 2. The monoisotopic (exact) mass is 393 g/mol. The summed E-state index contributed by atoms with van der Waals surface area (Å²) >= 11 is 5.87. The Kier molecular flexibility index (Phi) is 4.69. The van der Waals surface area contributed by atoms with Crippen molar-refractivity contribution in [1.29, 1.82) is 0 Å². The number of carbonyl (C=O) groups is 1. The average Bonchev–Trinajstić information content (AvgIpc) is 2.70. The summed E-state index contributed by atoms with van der Waals surface area (Å²) in [4.78, 5) is 19.2. The number of nitrogens with one attached hydrogen (secondary N) is 1. The van der Waals surface area contributed by atoms with E-state index in [0.29, 0.717) is 33.5 Å². The number of benzene rings is 2. The van der Waals surface area contributed by atoms with Crippen molar-refractivity contribution >= 4 is 40.2 Å². The van der Waals surface area contributed by atoms with Crippen LogP contribution in [-0.4, -0.2) is 31.2 Å². The minimum Gasteiger partial charge on any atom is -0.477 e. The van der Waals surface area contributed by atoms with Crippen LogP contribution in [0.5, 0.6) is 11.5 Å². The number of nitrogens with zero attached hydrogens (tertiary/aromatic N) is 4. The van der Waals surface area contributed by atoms with Crippen LogP contribution in [0.15, 0.2) is 60.8 Å². The van der Waals surface area contributed by atoms with Crippen LogP contribution >= 0.6 is 11.6 Å². The highest BCUT2D eigenvalue weighted by Crippen LogP contribution is 2.25. The molecular weight excluding hydrogens is 382 g/mol. The SMILES string of the molecule is O=C(O)c1cc(Oc2ccc3nc(Nc4ccc(Cl)cc4)nnc3c2)ccn1. The number of hydrogen-bond acceptors (Lipinski definition) is 7. The zero-order chi connectivity index (χ0) is 19.5. The quantitative estimate of drug-likeness (QED) is 0.516. The Morgan fingerprint density at radius 2 is 1.75 bits per heavy atom. The first-order valence-corrected chi connectivity index (χ1v) is 8.49. The summed E-state index contributed by atoms with van der Waals surface area (Å²) in [5, 5.41) is 20.9. The van der Waals surface area contributed by atoms with E-state index in [1.807, 2.05) is 12.1 Å². The van der Waals surface area contributed by atoms with E-state index in [9.17, 15) is 4.79 Å². The van der Waals surface area contributed by atoms with E-state index in [0.717, 1.165) is 5.69 Å². The maximum atomic E-state index is 11.0. The first kappa shape index (κ1) is 17.6. The van der Waals surface area contributed by atoms with E-state index in [4.69, 9.17) is 21.4 Å². The van der Waals surface area contributed by atoms with Crippen LogP contribution in [0.3, 0.4) is 0 Å². The summed E-state index contributed by atoms with van der Waals surface area (Å²) < 4.78 is 5.69. The molecule has 0 aliphatic carbocycles. The first-order valence-electron chi connectivity index (χ1n) is 8.11. The second kappa shape index (κ2) is 7.45. The Bertz CT molecular complexity index is 1170. The number of pyridine rings is 1. The molecule has 9 heteroatoms. The first-order chi connectivity index (χ1) is 13.6. The summed E-state index contributed by atoms with van der Waals surface area (Å²) in [6, 6.07) is 15.2. The summed E-state index contributed by atoms with van der Waals surface area (Å²) in [6.45, 7) is 0. The molecule has 8 nitrogen and oxygen atoms in total. The van der Waals surface area contributed by atoms with Crippen molar-refractivity contribution in [3.8, 4) is 11.5 Å². The topological polar surface area (TPSA) is 110 Å². The number of carboxylic acid groups (broad SMARTS) is 1. The highest BCUT2D eigenvalue weighted by atomic mass is 35.5. The Balaban J connectivity index is 1.55. The van der Waals surface area contributed by atoms with Gasteiger partial charge < -0.3 is 15.2 Å². The molecule has 4 rings (SSSR count). The molecule has 0 aliphatic rings. The molecule has 2 heterocycles. The Hall–Kier alpha value is -3.78. The Morgan fingerprint density at radius 1 is 0.964 bits per heavy atom. The van der Waals surface area contributed by atoms with Crippen LogP contribution in [0.4, 0.5) is 11.6 Å². The highest BCUT2D eigenvalue weighted by molar-refractivity contribution is 6.30. The van der Waals surface area contributed by atoms with Gasteiger partial charge in [-0.1, -0.05) is 11.6 Å². The molecule has 2 aromatic carbocycles. The summed E-state index contributed by atoms with van der Waals surface area (Å²) in [7, 11) is 0. The third kappa shape index (κ3) is 3.97. The number of ether oxygens (including phenoxy) is 1. The van der Waals surface area contributed by atoms with Gasteiger partial charge in [-0.3, -0.25) is 0 Å². The average molecular weight is 394 g/mol. The molecule has 138 valence electrons. The van der Waals surface area contributed by atoms with Gasteiger partial charge in [-0.2, -0.15) is 0 Å². The zero-order valence-corrected chi connectivity index (χ0v) is 15.0. The molecule has 0 aliphatic heterocycles. The van der Waals surface area contributed by atoms with E-state index >= 15 is 0 Å². The van der Waals surface area contributed by atoms with E-state index < -0.39 is 5.97 Å². The lowest BCUT2D eigenvalue weighted by Crippen LogP contribution is -2.00. The predicted octanol–water partition coefficient (Wildman–Crippen LogP) is 4.31. The lowest BCUT2D eigenvalue weighted by atomic mass is 10.3. The summed E-state index contributed by atoms with van der Waals surface area (Å²) in [5.41, 5.74) is 1.85. The van der Waals surface area contributed by atoms with Gasteiger partial charge in [0, 0.05) is 29.0 Å². The molecule has 0 spiro atoms. The molecule has 2 aromatic heterocycles. The van der Waals surface area contributed by atoms with Gasteiger partial charge in [0.1, 0.15) is 17.0 Å². The second-order valence-electron chi connectivity index (χ2n) is 5.70. The van der Waals surface area contributed by atoms with Crippen LogP contribution in [0.1, 0.15) is 10.5 Å². The molecule has 28 heavy (non-hydrogen) atoms. The van der Waals surface area contributed by atoms with E-state index in [2.05, 4.69) is 25.5 Å². The fraction of sp³-hybridized carbons (Fsp3) is 0. The number of aromatic carboxylic acids is 1. The lowest BCUT2D eigenvalue weighted by Gasteiger charge is -2.08. The number of anilines is 2. The zero-order valence-electron chi connectivity index (χ0n) is 14.2. The Morgan fingerprint density at radius 3 is 2.54 bits per heavy atom. The standard InChI is InChI=1S/C19H12ClN5O3/c20-11-1-3-12(4-2-11)22-19-23-15-6-5-13(9-16(15)24-25-19)28-14-7-8-21-17(10-14)18(26)27/h1-10H,(H,26,27)(H,22,23,25). The van der Waals surface area contributed by atoms with E-state index in [1.165, 1.54) is 12.3 Å². The molecular formula is C19H12ClN5O3. The molecule has 0 radical (unpaired) electrons. The van der Waals surface area contributed by atoms with Crippen molar-refractivity contribution in [2.24, 2.45) is 0 Å². The molecule has 2 N–H and O–H groups in total. The van der Waals surface area contributed by atoms with Crippen molar-refractivity contribution in [2.75, 3.05) is 5.32 Å². The molecule has 0 fully saturated rings. The van der Waals surface area contributed by atoms with Gasteiger partial charge in [-0.05, 0) is 42.5 Å². The van der Waals surface area contributed by atoms with E-state index in [1.54, 1.807) is 36.4 Å². The van der Waals surface area contributed by atoms with Crippen molar-refractivity contribution < 1.29 is 14.6 Å². The number of carboxylic acids is 1. The van der Waals surface area contributed by atoms with Crippen LogP contribution in [0, 0.1) is 0 Å². The normalized spacial score (nSPS) is 10.6. The fourth-order valence-corrected chi connectivity index (χ4v) is 2.55. The van der Waals surface area contributed by atoms with Crippen LogP contribution < -0.4 is 10.1 Å². The van der Waals surface area contributed by atoms with Crippen molar-refractivity contribution in [1.82, 2.24) is 20.2 Å². The molecule has 4 aromatic rings. The Labute approximate surface area is 163 Å². The number of halogens is 1. The molecule has 0 saturated heterocycles. The van der Waals surface area contributed by atoms with Gasteiger partial charge in [0.2, 0.25) is 5.95 Å². The van der Waals surface area contributed by atoms with Gasteiger partial charge in [-0.15, -0.1) is 10.2 Å². The minimum atomic E-state index is -1.13. The van der Waals surface area contributed by atoms with Gasteiger partial charge >= 0.3 is 5.97 Å². The number of rotatable bonds is 5. The molecule has 0 bridgehead atoms. The predicted molar refractivity (Wildman–Crippen MR) is 103 cm³/mol. The molecule has 0 saturated carbocycles. The van der Waals surface area contributed by atoms with Crippen molar-refractivity contribution in [3.05, 3.63) is 71.5 Å². The number of aromatic nitrogens is 4. The van der Waals surface area contributed by atoms with Gasteiger partial charge in [0.05, 0.1) is 5.52 Å². The van der Waals surface area contributed by atoms with Crippen LogP contribution in [0.25, 0.3) is 11.0 Å². The fourth-order valence-electron chi connectivity index (χ4n) is 2.42. The number of fused-ring (bicyclic) bond motifs is 1.